The fourth-order valence-corrected chi connectivity index (χ4v) is 2.63. The van der Waals surface area contributed by atoms with E-state index in [1.807, 2.05) is 30.3 Å². The molecule has 1 aromatic heterocycles. The van der Waals surface area contributed by atoms with Crippen LogP contribution in [0.1, 0.15) is 24.4 Å². The minimum atomic E-state index is -0.205. The van der Waals surface area contributed by atoms with Gasteiger partial charge in [-0.2, -0.15) is 0 Å². The monoisotopic (exact) mass is 294 g/mol. The van der Waals surface area contributed by atoms with Crippen LogP contribution in [0.4, 0.5) is 0 Å². The first-order valence-electron chi connectivity index (χ1n) is 7.38. The van der Waals surface area contributed by atoms with Crippen LogP contribution in [0.2, 0.25) is 0 Å². The number of benzene rings is 2. The molecule has 4 nitrogen and oxygen atoms in total. The SMILES string of the molecule is [CH2]C(N)c1ccc(-n2c(CC)nc3cc(OC)ccc32)cc1. The topological polar surface area (TPSA) is 53.1 Å². The molecule has 113 valence electrons. The number of hydrogen-bond donors (Lipinski definition) is 1. The van der Waals surface area contributed by atoms with Gasteiger partial charge >= 0.3 is 0 Å². The summed E-state index contributed by atoms with van der Waals surface area (Å²) in [6, 6.07) is 13.9. The number of aryl methyl sites for hydroxylation is 1. The van der Waals surface area contributed by atoms with Crippen molar-refractivity contribution in [3.63, 3.8) is 0 Å². The third kappa shape index (κ3) is 2.46. The minimum Gasteiger partial charge on any atom is -0.497 e. The quantitative estimate of drug-likeness (QED) is 0.802. The fraction of sp³-hybridized carbons (Fsp3) is 0.222. The molecule has 0 amide bonds. The van der Waals surface area contributed by atoms with Crippen LogP contribution >= 0.6 is 0 Å². The summed E-state index contributed by atoms with van der Waals surface area (Å²) in [7, 11) is 1.67. The van der Waals surface area contributed by atoms with Crippen LogP contribution in [-0.2, 0) is 6.42 Å². The second-order valence-electron chi connectivity index (χ2n) is 5.27. The van der Waals surface area contributed by atoms with Crippen LogP contribution in [0.5, 0.6) is 5.75 Å². The lowest BCUT2D eigenvalue weighted by Crippen LogP contribution is -2.06. The Kier molecular flexibility index (Phi) is 3.86. The Labute approximate surface area is 130 Å². The van der Waals surface area contributed by atoms with Crippen molar-refractivity contribution in [2.75, 3.05) is 7.11 Å². The Morgan fingerprint density at radius 2 is 1.95 bits per heavy atom. The maximum atomic E-state index is 5.82. The molecule has 2 N–H and O–H groups in total. The van der Waals surface area contributed by atoms with E-state index < -0.39 is 0 Å². The average Bonchev–Trinajstić information content (AvgIpc) is 2.92. The van der Waals surface area contributed by atoms with E-state index >= 15 is 0 Å². The highest BCUT2D eigenvalue weighted by molar-refractivity contribution is 5.80. The van der Waals surface area contributed by atoms with E-state index in [2.05, 4.69) is 30.5 Å². The van der Waals surface area contributed by atoms with Gasteiger partial charge in [-0.1, -0.05) is 19.1 Å². The van der Waals surface area contributed by atoms with Crippen molar-refractivity contribution in [1.82, 2.24) is 9.55 Å². The van der Waals surface area contributed by atoms with Crippen molar-refractivity contribution in [2.24, 2.45) is 5.73 Å². The van der Waals surface area contributed by atoms with Gasteiger partial charge in [0.25, 0.3) is 0 Å². The molecule has 0 spiro atoms. The molecule has 0 aliphatic carbocycles. The molecule has 2 aromatic carbocycles. The van der Waals surface area contributed by atoms with Crippen LogP contribution in [0.25, 0.3) is 16.7 Å². The molecule has 1 heterocycles. The summed E-state index contributed by atoms with van der Waals surface area (Å²) in [5.41, 5.74) is 9.93. The molecule has 0 aliphatic heterocycles. The molecule has 1 atom stereocenters. The first-order chi connectivity index (χ1) is 10.6. The van der Waals surface area contributed by atoms with Crippen LogP contribution in [0.3, 0.4) is 0 Å². The summed E-state index contributed by atoms with van der Waals surface area (Å²) in [6.45, 7) is 5.95. The van der Waals surface area contributed by atoms with Crippen molar-refractivity contribution in [3.8, 4) is 11.4 Å². The molecule has 3 aromatic rings. The number of hydrogen-bond acceptors (Lipinski definition) is 3. The molecular weight excluding hydrogens is 274 g/mol. The summed E-state index contributed by atoms with van der Waals surface area (Å²) in [5, 5.41) is 0. The molecule has 0 aliphatic rings. The molecule has 4 heteroatoms. The summed E-state index contributed by atoms with van der Waals surface area (Å²) < 4.78 is 7.46. The molecule has 0 bridgehead atoms. The van der Waals surface area contributed by atoms with E-state index in [1.54, 1.807) is 7.11 Å². The zero-order chi connectivity index (χ0) is 15.7. The third-order valence-electron chi connectivity index (χ3n) is 3.83. The number of ether oxygens (including phenoxy) is 1. The van der Waals surface area contributed by atoms with Crippen LogP contribution in [0.15, 0.2) is 42.5 Å². The number of aromatic nitrogens is 2. The number of methoxy groups -OCH3 is 1. The van der Waals surface area contributed by atoms with E-state index in [4.69, 9.17) is 15.5 Å². The molecule has 3 rings (SSSR count). The Balaban J connectivity index is 2.16. The van der Waals surface area contributed by atoms with E-state index in [0.29, 0.717) is 0 Å². The van der Waals surface area contributed by atoms with Gasteiger partial charge in [-0.05, 0) is 36.8 Å². The Morgan fingerprint density at radius 1 is 1.23 bits per heavy atom. The minimum absolute atomic E-state index is 0.205. The maximum Gasteiger partial charge on any atom is 0.121 e. The average molecular weight is 294 g/mol. The molecule has 0 fully saturated rings. The lowest BCUT2D eigenvalue weighted by molar-refractivity contribution is 0.415. The first kappa shape index (κ1) is 14.6. The van der Waals surface area contributed by atoms with E-state index in [1.165, 1.54) is 0 Å². The van der Waals surface area contributed by atoms with Crippen molar-refractivity contribution < 1.29 is 4.74 Å². The Hall–Kier alpha value is -2.33. The zero-order valence-corrected chi connectivity index (χ0v) is 12.9. The normalized spacial score (nSPS) is 12.5. The molecule has 0 saturated heterocycles. The third-order valence-corrected chi connectivity index (χ3v) is 3.83. The fourth-order valence-electron chi connectivity index (χ4n) is 2.63. The largest absolute Gasteiger partial charge is 0.497 e. The van der Waals surface area contributed by atoms with Crippen molar-refractivity contribution in [3.05, 3.63) is 60.8 Å². The lowest BCUT2D eigenvalue weighted by atomic mass is 10.1. The van der Waals surface area contributed by atoms with Gasteiger partial charge in [0.05, 0.1) is 18.1 Å². The molecular formula is C18H20N3O. The van der Waals surface area contributed by atoms with E-state index in [-0.39, 0.29) is 6.04 Å². The Bertz CT molecular complexity index is 788. The molecule has 22 heavy (non-hydrogen) atoms. The van der Waals surface area contributed by atoms with Gasteiger partial charge in [0, 0.05) is 24.2 Å². The summed E-state index contributed by atoms with van der Waals surface area (Å²) in [6.07, 6.45) is 0.855. The highest BCUT2D eigenvalue weighted by atomic mass is 16.5. The molecule has 0 saturated carbocycles. The first-order valence-corrected chi connectivity index (χ1v) is 7.38. The predicted molar refractivity (Wildman–Crippen MR) is 89.3 cm³/mol. The van der Waals surface area contributed by atoms with Gasteiger partial charge in [0.1, 0.15) is 11.6 Å². The second-order valence-corrected chi connectivity index (χ2v) is 5.27. The van der Waals surface area contributed by atoms with Gasteiger partial charge in [-0.25, -0.2) is 4.98 Å². The van der Waals surface area contributed by atoms with Crippen molar-refractivity contribution in [2.45, 2.75) is 19.4 Å². The van der Waals surface area contributed by atoms with Crippen LogP contribution in [0, 0.1) is 6.92 Å². The predicted octanol–water partition coefficient (Wildman–Crippen LogP) is 3.43. The van der Waals surface area contributed by atoms with Gasteiger partial charge in [-0.3, -0.25) is 4.57 Å². The Morgan fingerprint density at radius 3 is 2.55 bits per heavy atom. The highest BCUT2D eigenvalue weighted by Gasteiger charge is 2.12. The highest BCUT2D eigenvalue weighted by Crippen LogP contribution is 2.26. The molecule has 1 unspecified atom stereocenters. The van der Waals surface area contributed by atoms with Crippen molar-refractivity contribution >= 4 is 11.0 Å². The molecule has 1 radical (unpaired) electrons. The van der Waals surface area contributed by atoms with Crippen molar-refractivity contribution in [1.29, 1.82) is 0 Å². The van der Waals surface area contributed by atoms with E-state index in [9.17, 15) is 0 Å². The van der Waals surface area contributed by atoms with Crippen LogP contribution < -0.4 is 10.5 Å². The van der Waals surface area contributed by atoms with Gasteiger partial charge in [0.15, 0.2) is 0 Å². The summed E-state index contributed by atoms with van der Waals surface area (Å²) >= 11 is 0. The summed E-state index contributed by atoms with van der Waals surface area (Å²) in [4.78, 5) is 4.72. The summed E-state index contributed by atoms with van der Waals surface area (Å²) in [5.74, 6) is 1.84. The van der Waals surface area contributed by atoms with Gasteiger partial charge in [0.2, 0.25) is 0 Å². The smallest absolute Gasteiger partial charge is 0.121 e. The van der Waals surface area contributed by atoms with Crippen LogP contribution in [-0.4, -0.2) is 16.7 Å². The zero-order valence-electron chi connectivity index (χ0n) is 12.9. The van der Waals surface area contributed by atoms with Gasteiger partial charge < -0.3 is 10.5 Å². The number of fused-ring (bicyclic) bond motifs is 1. The maximum absolute atomic E-state index is 5.82. The number of nitrogens with two attached hydrogens (primary N) is 1. The lowest BCUT2D eigenvalue weighted by Gasteiger charge is -2.11. The second kappa shape index (κ2) is 5.81. The van der Waals surface area contributed by atoms with Gasteiger partial charge in [-0.15, -0.1) is 0 Å². The number of rotatable bonds is 4. The number of nitrogens with zero attached hydrogens (tertiary/aromatic N) is 2. The standard InChI is InChI=1S/C18H20N3O/c1-4-18-20-16-11-15(22-3)9-10-17(16)21(18)14-7-5-13(6-8-14)12(2)19/h5-12H,2,4,19H2,1,3H3. The van der Waals surface area contributed by atoms with E-state index in [0.717, 1.165) is 40.3 Å². The number of imidazole rings is 1.